The lowest BCUT2D eigenvalue weighted by atomic mass is 9.93. The van der Waals surface area contributed by atoms with Crippen LogP contribution in [0.3, 0.4) is 0 Å². The van der Waals surface area contributed by atoms with E-state index in [9.17, 15) is 0 Å². The summed E-state index contributed by atoms with van der Waals surface area (Å²) in [6, 6.07) is 9.05. The lowest BCUT2D eigenvalue weighted by Gasteiger charge is -2.26. The zero-order valence-corrected chi connectivity index (χ0v) is 11.7. The third-order valence-corrected chi connectivity index (χ3v) is 4.79. The molecule has 3 rings (SSSR count). The van der Waals surface area contributed by atoms with Gasteiger partial charge in [0.25, 0.3) is 0 Å². The van der Waals surface area contributed by atoms with Gasteiger partial charge in [0, 0.05) is 24.2 Å². The van der Waals surface area contributed by atoms with E-state index in [1.807, 2.05) is 12.1 Å². The van der Waals surface area contributed by atoms with Gasteiger partial charge >= 0.3 is 0 Å². The minimum Gasteiger partial charge on any atom is -0.316 e. The van der Waals surface area contributed by atoms with Crippen LogP contribution in [0, 0.1) is 11.8 Å². The molecule has 18 heavy (non-hydrogen) atoms. The number of hydrogen-bond acceptors (Lipinski definition) is 2. The predicted molar refractivity (Wildman–Crippen MR) is 75.8 cm³/mol. The average Bonchev–Trinajstić information content (AvgIpc) is 2.92. The number of likely N-dealkylation sites (tertiary alicyclic amines) is 1. The largest absolute Gasteiger partial charge is 0.316 e. The first-order chi connectivity index (χ1) is 8.78. The minimum absolute atomic E-state index is 0.751. The Balaban J connectivity index is 1.71. The summed E-state index contributed by atoms with van der Waals surface area (Å²) < 4.78 is 0. The van der Waals surface area contributed by atoms with Gasteiger partial charge in [-0.3, -0.25) is 4.90 Å². The summed E-state index contributed by atoms with van der Waals surface area (Å²) in [5, 5.41) is 4.36. The summed E-state index contributed by atoms with van der Waals surface area (Å²) in [6.45, 7) is 7.06. The van der Waals surface area contributed by atoms with Gasteiger partial charge in [0.1, 0.15) is 0 Å². The molecular weight excluding hydrogens is 244 g/mol. The van der Waals surface area contributed by atoms with E-state index < -0.39 is 0 Å². The van der Waals surface area contributed by atoms with Gasteiger partial charge in [-0.25, -0.2) is 0 Å². The molecule has 2 aliphatic heterocycles. The first-order valence-corrected chi connectivity index (χ1v) is 7.35. The topological polar surface area (TPSA) is 15.3 Å². The van der Waals surface area contributed by atoms with Crippen molar-refractivity contribution >= 4 is 11.6 Å². The van der Waals surface area contributed by atoms with Gasteiger partial charge in [-0.15, -0.1) is 0 Å². The van der Waals surface area contributed by atoms with E-state index in [0.717, 1.165) is 29.4 Å². The summed E-state index contributed by atoms with van der Waals surface area (Å²) in [6.07, 6.45) is 1.26. The Morgan fingerprint density at radius 2 is 2.06 bits per heavy atom. The second kappa shape index (κ2) is 5.20. The molecule has 0 aromatic heterocycles. The Labute approximate surface area is 114 Å². The third-order valence-electron chi connectivity index (χ3n) is 4.54. The van der Waals surface area contributed by atoms with Gasteiger partial charge in [0.05, 0.1) is 0 Å². The zero-order valence-electron chi connectivity index (χ0n) is 10.9. The van der Waals surface area contributed by atoms with Crippen molar-refractivity contribution in [3.8, 4) is 0 Å². The molecule has 1 N–H and O–H groups in total. The Bertz CT molecular complexity index is 403. The SMILES string of the molecule is CCC1C2CNCC2CN1Cc1ccc(Cl)cc1. The van der Waals surface area contributed by atoms with Crippen LogP contribution in [0.2, 0.25) is 5.02 Å². The van der Waals surface area contributed by atoms with Crippen LogP contribution in [0.15, 0.2) is 24.3 Å². The molecule has 1 aromatic rings. The van der Waals surface area contributed by atoms with Crippen molar-refractivity contribution in [1.82, 2.24) is 10.2 Å². The van der Waals surface area contributed by atoms with E-state index in [0.29, 0.717) is 0 Å². The maximum Gasteiger partial charge on any atom is 0.0406 e. The number of fused-ring (bicyclic) bond motifs is 1. The second-order valence-electron chi connectivity index (χ2n) is 5.61. The minimum atomic E-state index is 0.751. The van der Waals surface area contributed by atoms with E-state index in [1.54, 1.807) is 0 Å². The Kier molecular flexibility index (Phi) is 3.60. The first kappa shape index (κ1) is 12.5. The van der Waals surface area contributed by atoms with Crippen LogP contribution in [0.5, 0.6) is 0 Å². The molecule has 0 radical (unpaired) electrons. The molecule has 2 heterocycles. The van der Waals surface area contributed by atoms with Crippen molar-refractivity contribution in [3.63, 3.8) is 0 Å². The summed E-state index contributed by atoms with van der Waals surface area (Å²) >= 11 is 5.94. The summed E-state index contributed by atoms with van der Waals surface area (Å²) in [5.74, 6) is 1.73. The Morgan fingerprint density at radius 3 is 2.78 bits per heavy atom. The highest BCUT2D eigenvalue weighted by molar-refractivity contribution is 6.30. The first-order valence-electron chi connectivity index (χ1n) is 6.97. The van der Waals surface area contributed by atoms with Crippen LogP contribution >= 0.6 is 11.6 Å². The number of nitrogens with zero attached hydrogens (tertiary/aromatic N) is 1. The van der Waals surface area contributed by atoms with Crippen molar-refractivity contribution in [3.05, 3.63) is 34.9 Å². The van der Waals surface area contributed by atoms with Gasteiger partial charge < -0.3 is 5.32 Å². The van der Waals surface area contributed by atoms with E-state index in [1.165, 1.54) is 31.6 Å². The fraction of sp³-hybridized carbons (Fsp3) is 0.600. The summed E-state index contributed by atoms with van der Waals surface area (Å²) in [7, 11) is 0. The van der Waals surface area contributed by atoms with Crippen molar-refractivity contribution in [1.29, 1.82) is 0 Å². The smallest absolute Gasteiger partial charge is 0.0406 e. The molecule has 0 saturated carbocycles. The van der Waals surface area contributed by atoms with Crippen LogP contribution < -0.4 is 5.32 Å². The van der Waals surface area contributed by atoms with Gasteiger partial charge in [0.15, 0.2) is 0 Å². The number of benzene rings is 1. The molecule has 0 aliphatic carbocycles. The quantitative estimate of drug-likeness (QED) is 0.903. The maximum absolute atomic E-state index is 5.94. The monoisotopic (exact) mass is 264 g/mol. The molecule has 3 unspecified atom stereocenters. The van der Waals surface area contributed by atoms with Crippen LogP contribution in [0.1, 0.15) is 18.9 Å². The standard InChI is InChI=1S/C15H21ClN2/c1-2-15-14-8-17-7-12(14)10-18(15)9-11-3-5-13(16)6-4-11/h3-6,12,14-15,17H,2,7-10H2,1H3. The molecular formula is C15H21ClN2. The summed E-state index contributed by atoms with van der Waals surface area (Å²) in [5.41, 5.74) is 1.38. The highest BCUT2D eigenvalue weighted by Gasteiger charge is 2.42. The molecule has 2 nitrogen and oxygen atoms in total. The molecule has 3 heteroatoms. The van der Waals surface area contributed by atoms with Gasteiger partial charge in [-0.05, 0) is 49.0 Å². The number of halogens is 1. The number of rotatable bonds is 3. The van der Waals surface area contributed by atoms with Crippen molar-refractivity contribution < 1.29 is 0 Å². The van der Waals surface area contributed by atoms with Gasteiger partial charge in [-0.2, -0.15) is 0 Å². The normalized spacial score (nSPS) is 31.8. The second-order valence-corrected chi connectivity index (χ2v) is 6.05. The van der Waals surface area contributed by atoms with Gasteiger partial charge in [0.2, 0.25) is 0 Å². The van der Waals surface area contributed by atoms with E-state index in [4.69, 9.17) is 11.6 Å². The van der Waals surface area contributed by atoms with Crippen LogP contribution in [0.25, 0.3) is 0 Å². The molecule has 2 aliphatic rings. The van der Waals surface area contributed by atoms with E-state index >= 15 is 0 Å². The van der Waals surface area contributed by atoms with Crippen molar-refractivity contribution in [2.24, 2.45) is 11.8 Å². The molecule has 3 atom stereocenters. The van der Waals surface area contributed by atoms with Crippen LogP contribution in [-0.2, 0) is 6.54 Å². The fourth-order valence-corrected chi connectivity index (χ4v) is 3.80. The molecule has 0 amide bonds. The highest BCUT2D eigenvalue weighted by Crippen LogP contribution is 2.35. The molecule has 2 saturated heterocycles. The fourth-order valence-electron chi connectivity index (χ4n) is 3.68. The lowest BCUT2D eigenvalue weighted by Crippen LogP contribution is -2.34. The van der Waals surface area contributed by atoms with E-state index in [2.05, 4.69) is 29.3 Å². The molecule has 1 aromatic carbocycles. The van der Waals surface area contributed by atoms with Crippen LogP contribution in [-0.4, -0.2) is 30.6 Å². The van der Waals surface area contributed by atoms with Crippen molar-refractivity contribution in [2.75, 3.05) is 19.6 Å². The number of nitrogens with one attached hydrogen (secondary N) is 1. The average molecular weight is 265 g/mol. The van der Waals surface area contributed by atoms with E-state index in [-0.39, 0.29) is 0 Å². The lowest BCUT2D eigenvalue weighted by molar-refractivity contribution is 0.210. The summed E-state index contributed by atoms with van der Waals surface area (Å²) in [4.78, 5) is 2.67. The maximum atomic E-state index is 5.94. The third kappa shape index (κ3) is 2.29. The molecule has 2 fully saturated rings. The molecule has 0 spiro atoms. The number of hydrogen-bond donors (Lipinski definition) is 1. The van der Waals surface area contributed by atoms with Crippen LogP contribution in [0.4, 0.5) is 0 Å². The Hall–Kier alpha value is -0.570. The predicted octanol–water partition coefficient (Wildman–Crippen LogP) is 2.77. The van der Waals surface area contributed by atoms with Gasteiger partial charge in [-0.1, -0.05) is 30.7 Å². The molecule has 0 bridgehead atoms. The highest BCUT2D eigenvalue weighted by atomic mass is 35.5. The molecule has 98 valence electrons. The Morgan fingerprint density at radius 1 is 1.28 bits per heavy atom. The van der Waals surface area contributed by atoms with Crippen molar-refractivity contribution in [2.45, 2.75) is 25.9 Å². The zero-order chi connectivity index (χ0) is 12.5.